The molecule has 1 atom stereocenters. The summed E-state index contributed by atoms with van der Waals surface area (Å²) in [5.41, 5.74) is 3.71. The number of piperidine rings is 2. The fraction of sp³-hybridized carbons (Fsp3) is 0.436. The lowest BCUT2D eigenvalue weighted by molar-refractivity contribution is -0.136. The smallest absolute Gasteiger partial charge is 0.317 e. The Balaban J connectivity index is 0.839. The molecular formula is C39H44ClN11O6. The van der Waals surface area contributed by atoms with E-state index in [9.17, 15) is 28.8 Å². The highest BCUT2D eigenvalue weighted by Gasteiger charge is 2.45. The molecule has 298 valence electrons. The molecule has 3 fully saturated rings. The van der Waals surface area contributed by atoms with Crippen LogP contribution in [-0.2, 0) is 20.9 Å². The Hall–Kier alpha value is -5.81. The quantitative estimate of drug-likeness (QED) is 0.298. The Morgan fingerprint density at radius 2 is 1.65 bits per heavy atom. The lowest BCUT2D eigenvalue weighted by atomic mass is 9.95. The van der Waals surface area contributed by atoms with Crippen molar-refractivity contribution in [3.05, 3.63) is 64.3 Å². The van der Waals surface area contributed by atoms with Crippen LogP contribution < -0.4 is 30.7 Å². The van der Waals surface area contributed by atoms with E-state index in [2.05, 4.69) is 35.6 Å². The number of nitrogens with zero attached hydrogens (tertiary/aromatic N) is 8. The average molecular weight is 798 g/mol. The lowest BCUT2D eigenvalue weighted by Gasteiger charge is -2.39. The first-order chi connectivity index (χ1) is 27.5. The normalized spacial score (nSPS) is 20.7. The monoisotopic (exact) mass is 797 g/mol. The highest BCUT2D eigenvalue weighted by atomic mass is 35.5. The molecule has 0 radical (unpaired) electrons. The van der Waals surface area contributed by atoms with E-state index in [-0.39, 0.29) is 43.4 Å². The number of carbonyl (C=O) groups excluding carboxylic acids is 6. The Kier molecular flexibility index (Phi) is 10.4. The molecule has 1 aromatic heterocycles. The van der Waals surface area contributed by atoms with Crippen molar-refractivity contribution in [3.63, 3.8) is 0 Å². The number of likely N-dealkylation sites (N-methyl/N-ethyl adjacent to an activating group) is 1. The maximum absolute atomic E-state index is 13.3. The number of halogens is 1. The number of hydrogen-bond donors (Lipinski definition) is 3. The number of imide groups is 2. The first-order valence-corrected chi connectivity index (χ1v) is 19.6. The van der Waals surface area contributed by atoms with E-state index in [1.807, 2.05) is 24.3 Å². The molecule has 3 N–H and O–H groups in total. The molecule has 3 aromatic rings. The predicted molar refractivity (Wildman–Crippen MR) is 212 cm³/mol. The third kappa shape index (κ3) is 7.56. The minimum Gasteiger partial charge on any atom is -0.371 e. The zero-order chi connectivity index (χ0) is 40.0. The molecule has 6 heterocycles. The summed E-state index contributed by atoms with van der Waals surface area (Å²) in [4.78, 5) is 95.9. The maximum atomic E-state index is 13.3. The largest absolute Gasteiger partial charge is 0.371 e. The molecule has 0 saturated carbocycles. The van der Waals surface area contributed by atoms with Crippen molar-refractivity contribution >= 4 is 76.0 Å². The second-order valence-corrected chi connectivity index (χ2v) is 15.5. The average Bonchev–Trinajstić information content (AvgIpc) is 3.38. The summed E-state index contributed by atoms with van der Waals surface area (Å²) in [6, 6.07) is 9.60. The summed E-state index contributed by atoms with van der Waals surface area (Å²) < 4.78 is 0. The molecule has 17 nitrogen and oxygen atoms in total. The van der Waals surface area contributed by atoms with Gasteiger partial charge in [-0.05, 0) is 67.1 Å². The molecule has 3 saturated heterocycles. The van der Waals surface area contributed by atoms with E-state index < -0.39 is 29.7 Å². The first-order valence-electron chi connectivity index (χ1n) is 19.2. The number of nitrogens with one attached hydrogen (secondary N) is 3. The van der Waals surface area contributed by atoms with Gasteiger partial charge in [-0.3, -0.25) is 39.1 Å². The standard InChI is InChI=1S/C39H44ClN11O6/c1-41-39(57)50-21-24-17-25(3-6-30(24)46(2)33(53)22-50)43-34-29(40)19-42-38(45-34)49-15-13-47(14-16-49)20-23-9-11-48(12-10-23)26-4-5-27-28(18-26)37(56)51(36(27)55)31-7-8-32(52)44-35(31)54/h3-6,17-19,23,31H,7-16,20-22H2,1-2H3,(H,41,57)(H,42,43,45)(H,44,52,54). The summed E-state index contributed by atoms with van der Waals surface area (Å²) in [6.45, 7) is 6.09. The molecule has 0 bridgehead atoms. The molecule has 18 heteroatoms. The van der Waals surface area contributed by atoms with Gasteiger partial charge in [-0.25, -0.2) is 9.78 Å². The Morgan fingerprint density at radius 1 is 0.895 bits per heavy atom. The van der Waals surface area contributed by atoms with Crippen LogP contribution in [0.1, 0.15) is 52.0 Å². The van der Waals surface area contributed by atoms with Crippen molar-refractivity contribution in [1.29, 1.82) is 0 Å². The number of urea groups is 1. The molecule has 0 aliphatic carbocycles. The molecule has 57 heavy (non-hydrogen) atoms. The molecule has 5 aliphatic rings. The molecule has 8 rings (SSSR count). The minimum atomic E-state index is -0.982. The van der Waals surface area contributed by atoms with Crippen LogP contribution >= 0.6 is 11.6 Å². The Labute approximate surface area is 334 Å². The predicted octanol–water partition coefficient (Wildman–Crippen LogP) is 2.43. The molecule has 7 amide bonds. The SMILES string of the molecule is CNC(=O)N1CC(=O)N(C)c2ccc(Nc3nc(N4CCN(CC5CCN(c6ccc7c(c6)C(=O)N(C6CCC(=O)NC6=O)C7=O)CC5)CC4)ncc3Cl)cc2C1. The number of fused-ring (bicyclic) bond motifs is 2. The van der Waals surface area contributed by atoms with E-state index in [0.717, 1.165) is 80.5 Å². The fourth-order valence-electron chi connectivity index (χ4n) is 8.34. The van der Waals surface area contributed by atoms with Crippen molar-refractivity contribution in [2.45, 2.75) is 38.3 Å². The van der Waals surface area contributed by atoms with Gasteiger partial charge in [0.2, 0.25) is 23.7 Å². The number of hydrogen-bond acceptors (Lipinski definition) is 12. The van der Waals surface area contributed by atoms with Crippen molar-refractivity contribution in [1.82, 2.24) is 35.3 Å². The van der Waals surface area contributed by atoms with Crippen LogP contribution in [-0.4, -0.2) is 133 Å². The van der Waals surface area contributed by atoms with Crippen LogP contribution in [0.25, 0.3) is 0 Å². The van der Waals surface area contributed by atoms with E-state index >= 15 is 0 Å². The zero-order valence-electron chi connectivity index (χ0n) is 31.8. The van der Waals surface area contributed by atoms with E-state index in [1.54, 1.807) is 30.3 Å². The summed E-state index contributed by atoms with van der Waals surface area (Å²) in [5.74, 6) is -0.633. The molecule has 0 spiro atoms. The third-order valence-electron chi connectivity index (χ3n) is 11.6. The highest BCUT2D eigenvalue weighted by Crippen LogP contribution is 2.34. The van der Waals surface area contributed by atoms with Crippen LogP contribution in [0, 0.1) is 5.92 Å². The number of piperazine rings is 1. The molecular weight excluding hydrogens is 754 g/mol. The summed E-state index contributed by atoms with van der Waals surface area (Å²) in [6.07, 6.45) is 3.78. The van der Waals surface area contributed by atoms with E-state index in [1.165, 1.54) is 11.9 Å². The van der Waals surface area contributed by atoms with Gasteiger partial charge < -0.3 is 30.2 Å². The summed E-state index contributed by atoms with van der Waals surface area (Å²) >= 11 is 6.56. The number of rotatable bonds is 7. The highest BCUT2D eigenvalue weighted by molar-refractivity contribution is 6.33. The third-order valence-corrected chi connectivity index (χ3v) is 11.8. The van der Waals surface area contributed by atoms with Gasteiger partial charge in [0, 0.05) is 83.4 Å². The number of carbonyl (C=O) groups is 6. The van der Waals surface area contributed by atoms with E-state index in [0.29, 0.717) is 34.0 Å². The fourth-order valence-corrected chi connectivity index (χ4v) is 8.48. The second kappa shape index (κ2) is 15.6. The van der Waals surface area contributed by atoms with Crippen molar-refractivity contribution in [2.75, 3.05) is 86.5 Å². The van der Waals surface area contributed by atoms with Crippen LogP contribution in [0.2, 0.25) is 5.02 Å². The van der Waals surface area contributed by atoms with Crippen molar-refractivity contribution < 1.29 is 28.8 Å². The molecule has 5 aliphatic heterocycles. The second-order valence-electron chi connectivity index (χ2n) is 15.1. The Morgan fingerprint density at radius 3 is 2.39 bits per heavy atom. The summed E-state index contributed by atoms with van der Waals surface area (Å²) in [5, 5.41) is 8.52. The molecule has 1 unspecified atom stereocenters. The number of aromatic nitrogens is 2. The van der Waals surface area contributed by atoms with Crippen molar-refractivity contribution in [3.8, 4) is 0 Å². The number of benzene rings is 2. The summed E-state index contributed by atoms with van der Waals surface area (Å²) in [7, 11) is 3.24. The van der Waals surface area contributed by atoms with Gasteiger partial charge in [0.1, 0.15) is 17.6 Å². The lowest BCUT2D eigenvalue weighted by Crippen LogP contribution is -2.54. The van der Waals surface area contributed by atoms with Gasteiger partial charge in [-0.1, -0.05) is 11.6 Å². The van der Waals surface area contributed by atoms with Gasteiger partial charge in [0.25, 0.3) is 11.8 Å². The Bertz CT molecular complexity index is 2150. The number of amides is 7. The van der Waals surface area contributed by atoms with Gasteiger partial charge >= 0.3 is 6.03 Å². The zero-order valence-corrected chi connectivity index (χ0v) is 32.5. The minimum absolute atomic E-state index is 0.0247. The molecule has 2 aromatic carbocycles. The maximum Gasteiger partial charge on any atom is 0.317 e. The number of anilines is 5. The van der Waals surface area contributed by atoms with E-state index in [4.69, 9.17) is 16.6 Å². The van der Waals surface area contributed by atoms with Crippen LogP contribution in [0.3, 0.4) is 0 Å². The van der Waals surface area contributed by atoms with Gasteiger partial charge in [-0.2, -0.15) is 4.98 Å². The van der Waals surface area contributed by atoms with Crippen molar-refractivity contribution in [2.24, 2.45) is 5.92 Å². The van der Waals surface area contributed by atoms with Crippen LogP contribution in [0.15, 0.2) is 42.6 Å². The van der Waals surface area contributed by atoms with Gasteiger partial charge in [0.05, 0.1) is 23.9 Å². The van der Waals surface area contributed by atoms with Gasteiger partial charge in [0.15, 0.2) is 5.82 Å². The van der Waals surface area contributed by atoms with Crippen LogP contribution in [0.4, 0.5) is 33.6 Å². The van der Waals surface area contributed by atoms with Gasteiger partial charge in [-0.15, -0.1) is 0 Å². The van der Waals surface area contributed by atoms with Crippen LogP contribution in [0.5, 0.6) is 0 Å². The topological polar surface area (TPSA) is 184 Å². The first kappa shape index (κ1) is 38.1.